The lowest BCUT2D eigenvalue weighted by Gasteiger charge is -2.22. The minimum Gasteiger partial charge on any atom is -0.476 e. The third-order valence-electron chi connectivity index (χ3n) is 2.69. The maximum Gasteiger partial charge on any atom is 0.358 e. The predicted molar refractivity (Wildman–Crippen MR) is 52.8 cm³/mol. The molecule has 0 radical (unpaired) electrons. The number of aromatic nitrogens is 1. The number of carboxylic acids is 1. The molecule has 0 spiro atoms. The highest BCUT2D eigenvalue weighted by Crippen LogP contribution is 2.15. The molecule has 1 aliphatic heterocycles. The normalized spacial score (nSPS) is 21.5. The van der Waals surface area contributed by atoms with Crippen molar-refractivity contribution in [2.24, 2.45) is 0 Å². The molecule has 15 heavy (non-hydrogen) atoms. The summed E-state index contributed by atoms with van der Waals surface area (Å²) in [5.41, 5.74) is 0.0439. The first-order chi connectivity index (χ1) is 7.27. The highest BCUT2D eigenvalue weighted by atomic mass is 16.4. The standard InChI is InChI=1S/C10H14N2O3/c13-10(14)9-8(15-6-12-9)5-7-3-1-2-4-11-7/h6-7,11H,1-5H2,(H,13,14). The Bertz CT molecular complexity index is 342. The summed E-state index contributed by atoms with van der Waals surface area (Å²) in [5, 5.41) is 12.2. The topological polar surface area (TPSA) is 75.4 Å². The van der Waals surface area contributed by atoms with Crippen LogP contribution < -0.4 is 5.32 Å². The number of aromatic carboxylic acids is 1. The fraction of sp³-hybridized carbons (Fsp3) is 0.600. The van der Waals surface area contributed by atoms with Gasteiger partial charge in [-0.2, -0.15) is 0 Å². The lowest BCUT2D eigenvalue weighted by atomic mass is 10.0. The van der Waals surface area contributed by atoms with Gasteiger partial charge in [0.15, 0.2) is 12.1 Å². The van der Waals surface area contributed by atoms with Gasteiger partial charge >= 0.3 is 5.97 Å². The number of nitrogens with zero attached hydrogens (tertiary/aromatic N) is 1. The van der Waals surface area contributed by atoms with Crippen LogP contribution in [0.25, 0.3) is 0 Å². The van der Waals surface area contributed by atoms with Crippen molar-refractivity contribution >= 4 is 5.97 Å². The van der Waals surface area contributed by atoms with Gasteiger partial charge in [-0.25, -0.2) is 9.78 Å². The number of hydrogen-bond donors (Lipinski definition) is 2. The van der Waals surface area contributed by atoms with E-state index < -0.39 is 5.97 Å². The lowest BCUT2D eigenvalue weighted by molar-refractivity contribution is 0.0688. The van der Waals surface area contributed by atoms with Crippen molar-refractivity contribution < 1.29 is 14.3 Å². The van der Waals surface area contributed by atoms with Crippen molar-refractivity contribution in [3.63, 3.8) is 0 Å². The minimum atomic E-state index is -1.02. The van der Waals surface area contributed by atoms with Crippen molar-refractivity contribution in [2.75, 3.05) is 6.54 Å². The van der Waals surface area contributed by atoms with Crippen LogP contribution in [0, 0.1) is 0 Å². The van der Waals surface area contributed by atoms with E-state index in [1.54, 1.807) is 0 Å². The van der Waals surface area contributed by atoms with Gasteiger partial charge < -0.3 is 14.8 Å². The first-order valence-corrected chi connectivity index (χ1v) is 5.16. The molecule has 1 aromatic heterocycles. The van der Waals surface area contributed by atoms with Crippen molar-refractivity contribution in [2.45, 2.75) is 31.7 Å². The Labute approximate surface area is 87.5 Å². The van der Waals surface area contributed by atoms with Gasteiger partial charge in [-0.15, -0.1) is 0 Å². The van der Waals surface area contributed by atoms with E-state index in [9.17, 15) is 4.79 Å². The molecule has 0 bridgehead atoms. The zero-order chi connectivity index (χ0) is 10.7. The summed E-state index contributed by atoms with van der Waals surface area (Å²) < 4.78 is 5.10. The number of oxazole rings is 1. The van der Waals surface area contributed by atoms with Crippen LogP contribution in [0.4, 0.5) is 0 Å². The van der Waals surface area contributed by atoms with E-state index in [-0.39, 0.29) is 5.69 Å². The number of hydrogen-bond acceptors (Lipinski definition) is 4. The second-order valence-electron chi connectivity index (χ2n) is 3.78. The van der Waals surface area contributed by atoms with Crippen LogP contribution in [0.2, 0.25) is 0 Å². The van der Waals surface area contributed by atoms with Crippen molar-refractivity contribution in [3.05, 3.63) is 17.8 Å². The molecule has 1 saturated heterocycles. The van der Waals surface area contributed by atoms with Gasteiger partial charge in [-0.05, 0) is 19.4 Å². The number of carbonyl (C=O) groups is 1. The zero-order valence-electron chi connectivity index (χ0n) is 8.40. The monoisotopic (exact) mass is 210 g/mol. The van der Waals surface area contributed by atoms with Crippen molar-refractivity contribution in [1.82, 2.24) is 10.3 Å². The predicted octanol–water partition coefficient (Wildman–Crippen LogP) is 1.06. The van der Waals surface area contributed by atoms with Gasteiger partial charge in [0.25, 0.3) is 0 Å². The number of piperidine rings is 1. The Morgan fingerprint density at radius 1 is 1.67 bits per heavy atom. The molecule has 1 aromatic rings. The molecule has 82 valence electrons. The average molecular weight is 210 g/mol. The van der Waals surface area contributed by atoms with Crippen LogP contribution >= 0.6 is 0 Å². The quantitative estimate of drug-likeness (QED) is 0.780. The number of carboxylic acid groups (broad SMARTS) is 1. The van der Waals surface area contributed by atoms with Crippen molar-refractivity contribution in [1.29, 1.82) is 0 Å². The summed E-state index contributed by atoms with van der Waals surface area (Å²) in [5.74, 6) is -0.545. The number of nitrogens with one attached hydrogen (secondary N) is 1. The summed E-state index contributed by atoms with van der Waals surface area (Å²) in [4.78, 5) is 14.5. The van der Waals surface area contributed by atoms with E-state index in [1.165, 1.54) is 19.2 Å². The molecule has 1 fully saturated rings. The van der Waals surface area contributed by atoms with E-state index in [4.69, 9.17) is 9.52 Å². The smallest absolute Gasteiger partial charge is 0.358 e. The van der Waals surface area contributed by atoms with Crippen LogP contribution in [0.3, 0.4) is 0 Å². The third-order valence-corrected chi connectivity index (χ3v) is 2.69. The van der Waals surface area contributed by atoms with Crippen molar-refractivity contribution in [3.8, 4) is 0 Å². The molecule has 5 heteroatoms. The Kier molecular flexibility index (Phi) is 3.01. The van der Waals surface area contributed by atoms with Gasteiger partial charge in [0.05, 0.1) is 0 Å². The van der Waals surface area contributed by atoms with E-state index in [0.717, 1.165) is 13.0 Å². The van der Waals surface area contributed by atoms with Gasteiger partial charge in [0.2, 0.25) is 0 Å². The molecule has 2 rings (SSSR count). The highest BCUT2D eigenvalue weighted by Gasteiger charge is 2.20. The summed E-state index contributed by atoms with van der Waals surface area (Å²) in [6.45, 7) is 1.00. The molecule has 1 aliphatic rings. The second kappa shape index (κ2) is 4.44. The van der Waals surface area contributed by atoms with Crippen LogP contribution in [-0.4, -0.2) is 28.6 Å². The maximum absolute atomic E-state index is 10.8. The summed E-state index contributed by atoms with van der Waals surface area (Å²) in [7, 11) is 0. The second-order valence-corrected chi connectivity index (χ2v) is 3.78. The largest absolute Gasteiger partial charge is 0.476 e. The Morgan fingerprint density at radius 2 is 2.53 bits per heavy atom. The van der Waals surface area contributed by atoms with Gasteiger partial charge in [-0.3, -0.25) is 0 Å². The Hall–Kier alpha value is -1.36. The van der Waals surface area contributed by atoms with Crippen LogP contribution in [0.15, 0.2) is 10.8 Å². The summed E-state index contributed by atoms with van der Waals surface area (Å²) in [6.07, 6.45) is 5.26. The first-order valence-electron chi connectivity index (χ1n) is 5.16. The molecule has 0 saturated carbocycles. The van der Waals surface area contributed by atoms with Crippen LogP contribution in [0.5, 0.6) is 0 Å². The molecular formula is C10H14N2O3. The molecular weight excluding hydrogens is 196 g/mol. The molecule has 0 aromatic carbocycles. The third kappa shape index (κ3) is 2.36. The summed E-state index contributed by atoms with van der Waals surface area (Å²) >= 11 is 0. The fourth-order valence-corrected chi connectivity index (χ4v) is 1.91. The molecule has 1 atom stereocenters. The Morgan fingerprint density at radius 3 is 3.20 bits per heavy atom. The lowest BCUT2D eigenvalue weighted by Crippen LogP contribution is -2.35. The molecule has 2 N–H and O–H groups in total. The van der Waals surface area contributed by atoms with Gasteiger partial charge in [-0.1, -0.05) is 6.42 Å². The maximum atomic E-state index is 10.8. The number of rotatable bonds is 3. The van der Waals surface area contributed by atoms with E-state index in [0.29, 0.717) is 18.2 Å². The molecule has 0 amide bonds. The van der Waals surface area contributed by atoms with E-state index in [1.807, 2.05) is 0 Å². The highest BCUT2D eigenvalue weighted by molar-refractivity contribution is 5.86. The van der Waals surface area contributed by atoms with Crippen LogP contribution in [-0.2, 0) is 6.42 Å². The fourth-order valence-electron chi connectivity index (χ4n) is 1.91. The first kappa shape index (κ1) is 10.2. The molecule has 1 unspecified atom stereocenters. The minimum absolute atomic E-state index is 0.0439. The molecule has 2 heterocycles. The zero-order valence-corrected chi connectivity index (χ0v) is 8.40. The molecule has 0 aliphatic carbocycles. The summed E-state index contributed by atoms with van der Waals surface area (Å²) in [6, 6.07) is 0.324. The Balaban J connectivity index is 2.03. The van der Waals surface area contributed by atoms with Crippen LogP contribution in [0.1, 0.15) is 35.5 Å². The van der Waals surface area contributed by atoms with Gasteiger partial charge in [0.1, 0.15) is 5.76 Å². The van der Waals surface area contributed by atoms with Gasteiger partial charge in [0, 0.05) is 12.5 Å². The van der Waals surface area contributed by atoms with E-state index in [2.05, 4.69) is 10.3 Å². The SMILES string of the molecule is O=C(O)c1ncoc1CC1CCCCN1. The average Bonchev–Trinajstić information content (AvgIpc) is 2.67. The molecule has 5 nitrogen and oxygen atoms in total. The van der Waals surface area contributed by atoms with E-state index >= 15 is 0 Å².